The van der Waals surface area contributed by atoms with Crippen LogP contribution >= 0.6 is 0 Å². The number of phenols is 2. The van der Waals surface area contributed by atoms with Crippen LogP contribution in [0.5, 0.6) is 23.0 Å². The highest BCUT2D eigenvalue weighted by molar-refractivity contribution is 6.25. The number of allylic oxidation sites excluding steroid dienone is 2. The van der Waals surface area contributed by atoms with Gasteiger partial charge in [-0.1, -0.05) is 0 Å². The lowest BCUT2D eigenvalue weighted by molar-refractivity contribution is -0.130. The van der Waals surface area contributed by atoms with Gasteiger partial charge < -0.3 is 35.0 Å². The van der Waals surface area contributed by atoms with Crippen LogP contribution in [0.1, 0.15) is 38.8 Å². The Balaban J connectivity index is 1.59. The quantitative estimate of drug-likeness (QED) is 0.357. The molecule has 2 aliphatic heterocycles. The molecule has 0 unspecified atom stereocenters. The minimum Gasteiger partial charge on any atom is -0.507 e. The molecule has 2 aliphatic carbocycles. The van der Waals surface area contributed by atoms with Gasteiger partial charge in [-0.3, -0.25) is 14.4 Å². The van der Waals surface area contributed by atoms with Crippen LogP contribution < -0.4 is 9.47 Å². The van der Waals surface area contributed by atoms with Crippen LogP contribution in [-0.4, -0.2) is 60.2 Å². The van der Waals surface area contributed by atoms with Gasteiger partial charge in [0.05, 0.1) is 11.1 Å². The van der Waals surface area contributed by atoms with Gasteiger partial charge in [-0.15, -0.1) is 0 Å². The smallest absolute Gasteiger partial charge is 0.206 e. The van der Waals surface area contributed by atoms with Gasteiger partial charge in [0.25, 0.3) is 0 Å². The second-order valence-corrected chi connectivity index (χ2v) is 10.6. The molecule has 10 nitrogen and oxygen atoms in total. The Morgan fingerprint density at radius 2 is 1.40 bits per heavy atom. The second kappa shape index (κ2) is 7.86. The predicted molar refractivity (Wildman–Crippen MR) is 141 cm³/mol. The van der Waals surface area contributed by atoms with Gasteiger partial charge in [-0.2, -0.15) is 0 Å². The van der Waals surface area contributed by atoms with Crippen molar-refractivity contribution in [2.75, 3.05) is 0 Å². The fraction of sp³-hybridized carbons (Fsp3) is 0.233. The molecular formula is C30H24O10. The lowest BCUT2D eigenvalue weighted by Crippen LogP contribution is -2.53. The van der Waals surface area contributed by atoms with Gasteiger partial charge in [0, 0.05) is 16.7 Å². The van der Waals surface area contributed by atoms with E-state index in [1.807, 2.05) is 0 Å². The number of phenolic OH excluding ortho intramolecular Hbond substituents is 2. The van der Waals surface area contributed by atoms with Crippen molar-refractivity contribution in [1.82, 2.24) is 0 Å². The van der Waals surface area contributed by atoms with Gasteiger partial charge >= 0.3 is 0 Å². The van der Waals surface area contributed by atoms with Crippen LogP contribution in [0.4, 0.5) is 0 Å². The maximum atomic E-state index is 13.1. The molecule has 0 radical (unpaired) electrons. The number of aliphatic hydroxyl groups is 3. The number of hydrogen-bond acceptors (Lipinski definition) is 10. The number of hydrogen-bond donors (Lipinski definition) is 5. The third kappa shape index (κ3) is 2.99. The highest BCUT2D eigenvalue weighted by Gasteiger charge is 2.53. The van der Waals surface area contributed by atoms with E-state index in [9.17, 15) is 39.9 Å². The Morgan fingerprint density at radius 1 is 0.775 bits per heavy atom. The molecule has 204 valence electrons. The summed E-state index contributed by atoms with van der Waals surface area (Å²) in [5.74, 6) is -4.22. The van der Waals surface area contributed by atoms with E-state index in [0.29, 0.717) is 5.57 Å². The Kier molecular flexibility index (Phi) is 5.00. The number of carbonyl (C=O) groups excluding carboxylic acids is 3. The molecule has 0 aromatic heterocycles. The SMILES string of the molecule is CC1=CC(=O)C2=C(O)c3c(O)ccc(-c4ccc5c(c4O)C(O)=C4C(=O)C=C(C)[C@H](O)[C@]4(C)O5)c3O[C@]2(C)C1=O. The number of fused-ring (bicyclic) bond motifs is 4. The molecule has 2 heterocycles. The molecule has 3 atom stereocenters. The standard InChI is InChI=1S/C30H24O10/c1-11-9-17(33)22-25(36)20-18(39-29(22,3)27(11)37)8-6-13(23(20)34)14-5-7-15(31)19-24(35)21-16(32)10-12(2)28(38)30(21,4)40-26(14)19/h5-10,27,31,34-37H,1-4H3/t27-,29+,30-/m0/s1. The molecule has 2 aromatic rings. The average Bonchev–Trinajstić information content (AvgIpc) is 2.86. The fourth-order valence-corrected chi connectivity index (χ4v) is 6.04. The molecule has 0 saturated heterocycles. The highest BCUT2D eigenvalue weighted by atomic mass is 16.5. The van der Waals surface area contributed by atoms with Crippen molar-refractivity contribution in [3.05, 3.63) is 69.8 Å². The van der Waals surface area contributed by atoms with Gasteiger partial charge in [0.2, 0.25) is 11.4 Å². The van der Waals surface area contributed by atoms with E-state index in [-0.39, 0.29) is 50.5 Å². The van der Waals surface area contributed by atoms with Gasteiger partial charge in [0.15, 0.2) is 17.2 Å². The summed E-state index contributed by atoms with van der Waals surface area (Å²) in [6.07, 6.45) is 1.03. The molecular weight excluding hydrogens is 520 g/mol. The van der Waals surface area contributed by atoms with Crippen molar-refractivity contribution in [3.63, 3.8) is 0 Å². The van der Waals surface area contributed by atoms with Crippen LogP contribution in [0.3, 0.4) is 0 Å². The first-order chi connectivity index (χ1) is 18.7. The summed E-state index contributed by atoms with van der Waals surface area (Å²) >= 11 is 0. The molecule has 0 amide bonds. The lowest BCUT2D eigenvalue weighted by Gasteiger charge is -2.42. The summed E-state index contributed by atoms with van der Waals surface area (Å²) in [6.45, 7) is 5.80. The molecule has 0 fully saturated rings. The topological polar surface area (TPSA) is 171 Å². The first-order valence-electron chi connectivity index (χ1n) is 12.4. The van der Waals surface area contributed by atoms with E-state index in [0.717, 1.165) is 6.08 Å². The van der Waals surface area contributed by atoms with Crippen molar-refractivity contribution < 1.29 is 49.4 Å². The summed E-state index contributed by atoms with van der Waals surface area (Å²) in [6, 6.07) is 5.42. The second-order valence-electron chi connectivity index (χ2n) is 10.6. The van der Waals surface area contributed by atoms with E-state index in [1.54, 1.807) is 6.92 Å². The number of carbonyl (C=O) groups is 3. The van der Waals surface area contributed by atoms with Crippen LogP contribution in [-0.2, 0) is 14.4 Å². The summed E-state index contributed by atoms with van der Waals surface area (Å²) in [7, 11) is 0. The highest BCUT2D eigenvalue weighted by Crippen LogP contribution is 2.55. The van der Waals surface area contributed by atoms with Gasteiger partial charge in [0.1, 0.15) is 51.7 Å². The van der Waals surface area contributed by atoms with E-state index in [4.69, 9.17) is 9.47 Å². The molecule has 0 spiro atoms. The Labute approximate surface area is 227 Å². The zero-order chi connectivity index (χ0) is 29.0. The molecule has 40 heavy (non-hydrogen) atoms. The number of aromatic hydroxyl groups is 2. The van der Waals surface area contributed by atoms with Crippen LogP contribution in [0.25, 0.3) is 22.6 Å². The summed E-state index contributed by atoms with van der Waals surface area (Å²) < 4.78 is 12.1. The molecule has 6 rings (SSSR count). The lowest BCUT2D eigenvalue weighted by atomic mass is 9.75. The van der Waals surface area contributed by atoms with Crippen LogP contribution in [0.15, 0.2) is 58.7 Å². The van der Waals surface area contributed by atoms with Gasteiger partial charge in [-0.05, 0) is 69.7 Å². The van der Waals surface area contributed by atoms with Crippen molar-refractivity contribution in [1.29, 1.82) is 0 Å². The minimum absolute atomic E-state index is 0.00841. The number of ether oxygens (including phenoxy) is 2. The van der Waals surface area contributed by atoms with E-state index < -0.39 is 57.7 Å². The van der Waals surface area contributed by atoms with Gasteiger partial charge in [-0.25, -0.2) is 0 Å². The normalized spacial score (nSPS) is 27.1. The van der Waals surface area contributed by atoms with E-state index in [1.165, 1.54) is 51.1 Å². The molecule has 0 saturated carbocycles. The Bertz CT molecular complexity index is 1750. The number of Topliss-reactive ketones (excluding diaryl/α,β-unsaturated/α-hetero) is 1. The van der Waals surface area contributed by atoms with E-state index >= 15 is 0 Å². The summed E-state index contributed by atoms with van der Waals surface area (Å²) in [5.41, 5.74) is -3.96. The number of ketones is 3. The van der Waals surface area contributed by atoms with Crippen molar-refractivity contribution >= 4 is 28.9 Å². The summed E-state index contributed by atoms with van der Waals surface area (Å²) in [4.78, 5) is 38.8. The monoisotopic (exact) mass is 544 g/mol. The van der Waals surface area contributed by atoms with E-state index in [2.05, 4.69) is 0 Å². The maximum absolute atomic E-state index is 13.1. The minimum atomic E-state index is -1.91. The largest absolute Gasteiger partial charge is 0.507 e. The number of aliphatic hydroxyl groups excluding tert-OH is 3. The maximum Gasteiger partial charge on any atom is 0.206 e. The zero-order valence-corrected chi connectivity index (χ0v) is 21.8. The third-order valence-corrected chi connectivity index (χ3v) is 8.06. The van der Waals surface area contributed by atoms with Crippen molar-refractivity contribution in [2.24, 2.45) is 0 Å². The fourth-order valence-electron chi connectivity index (χ4n) is 6.04. The molecule has 5 N–H and O–H groups in total. The summed E-state index contributed by atoms with van der Waals surface area (Å²) in [5, 5.41) is 55.2. The zero-order valence-electron chi connectivity index (χ0n) is 21.8. The van der Waals surface area contributed by atoms with Crippen molar-refractivity contribution in [2.45, 2.75) is 45.0 Å². The number of rotatable bonds is 1. The Morgan fingerprint density at radius 3 is 2.10 bits per heavy atom. The molecule has 0 bridgehead atoms. The first kappa shape index (κ1) is 25.4. The Hall–Kier alpha value is -4.83. The molecule has 4 aliphatic rings. The average molecular weight is 545 g/mol. The first-order valence-corrected chi connectivity index (χ1v) is 12.4. The van der Waals surface area contributed by atoms with Crippen LogP contribution in [0, 0.1) is 0 Å². The molecule has 2 aromatic carbocycles. The third-order valence-electron chi connectivity index (χ3n) is 8.06. The van der Waals surface area contributed by atoms with Crippen molar-refractivity contribution in [3.8, 4) is 34.1 Å². The molecule has 10 heteroatoms. The number of benzene rings is 2. The van der Waals surface area contributed by atoms with Crippen LogP contribution in [0.2, 0.25) is 0 Å². The predicted octanol–water partition coefficient (Wildman–Crippen LogP) is 3.59.